The maximum Gasteiger partial charge on any atom is 0.132 e. The Morgan fingerprint density at radius 1 is 1.41 bits per heavy atom. The van der Waals surface area contributed by atoms with Crippen molar-refractivity contribution in [3.63, 3.8) is 0 Å². The molecule has 17 heavy (non-hydrogen) atoms. The topological polar surface area (TPSA) is 47.3 Å². The Morgan fingerprint density at radius 2 is 2.24 bits per heavy atom. The lowest BCUT2D eigenvalue weighted by Gasteiger charge is -2.10. The minimum atomic E-state index is -0.142. The number of hydrogen-bond donors (Lipinski definition) is 1. The molecule has 0 saturated carbocycles. The summed E-state index contributed by atoms with van der Waals surface area (Å²) >= 11 is 5.96. The van der Waals surface area contributed by atoms with Crippen molar-refractivity contribution in [3.8, 4) is 5.75 Å². The summed E-state index contributed by atoms with van der Waals surface area (Å²) in [7, 11) is 1.85. The van der Waals surface area contributed by atoms with Gasteiger partial charge in [0.2, 0.25) is 0 Å². The predicted molar refractivity (Wildman–Crippen MR) is 64.9 cm³/mol. The monoisotopic (exact) mass is 252 g/mol. The molecule has 1 heterocycles. The molecule has 2 rings (SSSR count). The Labute approximate surface area is 104 Å². The number of rotatable bonds is 4. The van der Waals surface area contributed by atoms with Crippen LogP contribution in [0.2, 0.25) is 5.02 Å². The van der Waals surface area contributed by atoms with Crippen LogP contribution in [0.25, 0.3) is 0 Å². The van der Waals surface area contributed by atoms with E-state index in [4.69, 9.17) is 16.3 Å². The van der Waals surface area contributed by atoms with E-state index in [1.165, 1.54) is 0 Å². The standard InChI is InChI=1S/C12H13ClN2O2/c1-15-6-5-9(14-15)8-17-12-4-2-3-11(13)10(12)7-16/h2-6,16H,7-8H2,1H3. The highest BCUT2D eigenvalue weighted by Gasteiger charge is 2.07. The fraction of sp³-hybridized carbons (Fsp3) is 0.250. The Balaban J connectivity index is 2.11. The van der Waals surface area contributed by atoms with Gasteiger partial charge in [-0.1, -0.05) is 17.7 Å². The number of ether oxygens (including phenoxy) is 1. The average molecular weight is 253 g/mol. The summed E-state index contributed by atoms with van der Waals surface area (Å²) < 4.78 is 7.30. The molecule has 0 saturated heterocycles. The zero-order valence-electron chi connectivity index (χ0n) is 9.43. The molecule has 0 aliphatic carbocycles. The van der Waals surface area contributed by atoms with Gasteiger partial charge in [0.25, 0.3) is 0 Å². The summed E-state index contributed by atoms with van der Waals surface area (Å²) in [5, 5.41) is 13.9. The third-order valence-electron chi connectivity index (χ3n) is 2.38. The second-order valence-corrected chi connectivity index (χ2v) is 4.05. The van der Waals surface area contributed by atoms with Crippen LogP contribution in [0.5, 0.6) is 5.75 Å². The number of hydrogen-bond acceptors (Lipinski definition) is 3. The van der Waals surface area contributed by atoms with Gasteiger partial charge in [-0.25, -0.2) is 0 Å². The molecule has 0 fully saturated rings. The van der Waals surface area contributed by atoms with Gasteiger partial charge < -0.3 is 9.84 Å². The van der Waals surface area contributed by atoms with Gasteiger partial charge in [0.15, 0.2) is 0 Å². The third kappa shape index (κ3) is 2.78. The van der Waals surface area contributed by atoms with E-state index in [-0.39, 0.29) is 6.61 Å². The van der Waals surface area contributed by atoms with Crippen LogP contribution in [0.3, 0.4) is 0 Å². The average Bonchev–Trinajstić information content (AvgIpc) is 2.72. The number of aliphatic hydroxyl groups is 1. The molecular weight excluding hydrogens is 240 g/mol. The van der Waals surface area contributed by atoms with Crippen molar-refractivity contribution in [2.24, 2.45) is 7.05 Å². The van der Waals surface area contributed by atoms with E-state index in [2.05, 4.69) is 5.10 Å². The minimum Gasteiger partial charge on any atom is -0.487 e. The van der Waals surface area contributed by atoms with Crippen LogP contribution in [0.4, 0.5) is 0 Å². The first-order chi connectivity index (χ1) is 8.20. The van der Waals surface area contributed by atoms with Gasteiger partial charge in [0.1, 0.15) is 12.4 Å². The second-order valence-electron chi connectivity index (χ2n) is 3.64. The van der Waals surface area contributed by atoms with E-state index < -0.39 is 0 Å². The summed E-state index contributed by atoms with van der Waals surface area (Å²) in [5.41, 5.74) is 1.43. The highest BCUT2D eigenvalue weighted by atomic mass is 35.5. The lowest BCUT2D eigenvalue weighted by Crippen LogP contribution is -2.00. The molecule has 2 aromatic rings. The van der Waals surface area contributed by atoms with Crippen LogP contribution in [0.1, 0.15) is 11.3 Å². The summed E-state index contributed by atoms with van der Waals surface area (Å²) in [6, 6.07) is 7.17. The van der Waals surface area contributed by atoms with Gasteiger partial charge >= 0.3 is 0 Å². The lowest BCUT2D eigenvalue weighted by atomic mass is 10.2. The van der Waals surface area contributed by atoms with Crippen molar-refractivity contribution in [2.45, 2.75) is 13.2 Å². The quantitative estimate of drug-likeness (QED) is 0.907. The molecule has 1 N–H and O–H groups in total. The Bertz CT molecular complexity index is 511. The van der Waals surface area contributed by atoms with E-state index in [1.807, 2.05) is 19.3 Å². The summed E-state index contributed by atoms with van der Waals surface area (Å²) in [4.78, 5) is 0. The molecule has 0 radical (unpaired) electrons. The number of aliphatic hydroxyl groups excluding tert-OH is 1. The number of benzene rings is 1. The van der Waals surface area contributed by atoms with E-state index in [1.54, 1.807) is 22.9 Å². The number of aromatic nitrogens is 2. The highest BCUT2D eigenvalue weighted by Crippen LogP contribution is 2.26. The molecule has 90 valence electrons. The van der Waals surface area contributed by atoms with Crippen molar-refractivity contribution in [2.75, 3.05) is 0 Å². The second kappa shape index (κ2) is 5.21. The summed E-state index contributed by atoms with van der Waals surface area (Å²) in [6.45, 7) is 0.214. The van der Waals surface area contributed by atoms with Crippen molar-refractivity contribution >= 4 is 11.6 Å². The van der Waals surface area contributed by atoms with Crippen molar-refractivity contribution in [1.82, 2.24) is 9.78 Å². The molecule has 5 heteroatoms. The first-order valence-corrected chi connectivity index (χ1v) is 5.58. The molecule has 0 aliphatic rings. The van der Waals surface area contributed by atoms with Crippen LogP contribution in [-0.4, -0.2) is 14.9 Å². The van der Waals surface area contributed by atoms with Crippen molar-refractivity contribution < 1.29 is 9.84 Å². The van der Waals surface area contributed by atoms with Crippen LogP contribution < -0.4 is 4.74 Å². The largest absolute Gasteiger partial charge is 0.487 e. The first-order valence-electron chi connectivity index (χ1n) is 5.20. The maximum absolute atomic E-state index is 9.22. The van der Waals surface area contributed by atoms with E-state index >= 15 is 0 Å². The Kier molecular flexibility index (Phi) is 3.66. The van der Waals surface area contributed by atoms with Gasteiger partial charge in [0.05, 0.1) is 12.3 Å². The molecule has 4 nitrogen and oxygen atoms in total. The van der Waals surface area contributed by atoms with Crippen molar-refractivity contribution in [1.29, 1.82) is 0 Å². The van der Waals surface area contributed by atoms with Gasteiger partial charge in [-0.05, 0) is 18.2 Å². The van der Waals surface area contributed by atoms with E-state index in [0.717, 1.165) is 5.69 Å². The van der Waals surface area contributed by atoms with Crippen LogP contribution >= 0.6 is 11.6 Å². The predicted octanol–water partition coefficient (Wildman–Crippen LogP) is 2.14. The van der Waals surface area contributed by atoms with Gasteiger partial charge in [0, 0.05) is 23.8 Å². The summed E-state index contributed by atoms with van der Waals surface area (Å²) in [6.07, 6.45) is 1.85. The Hall–Kier alpha value is -1.52. The number of nitrogens with zero attached hydrogens (tertiary/aromatic N) is 2. The molecule has 0 bridgehead atoms. The SMILES string of the molecule is Cn1ccc(COc2cccc(Cl)c2CO)n1. The maximum atomic E-state index is 9.22. The van der Waals surface area contributed by atoms with Crippen LogP contribution in [0.15, 0.2) is 30.5 Å². The molecule has 1 aromatic carbocycles. The van der Waals surface area contributed by atoms with Crippen molar-refractivity contribution in [3.05, 3.63) is 46.7 Å². The molecule has 0 spiro atoms. The molecule has 0 aliphatic heterocycles. The molecule has 0 atom stereocenters. The van der Waals surface area contributed by atoms with E-state index in [9.17, 15) is 5.11 Å². The normalized spacial score (nSPS) is 10.5. The van der Waals surface area contributed by atoms with Gasteiger partial charge in [-0.2, -0.15) is 5.10 Å². The molecule has 0 unspecified atom stereocenters. The first kappa shape index (κ1) is 12.0. The van der Waals surface area contributed by atoms with E-state index in [0.29, 0.717) is 22.9 Å². The minimum absolute atomic E-state index is 0.142. The molecule has 1 aromatic heterocycles. The van der Waals surface area contributed by atoms with Crippen LogP contribution in [0, 0.1) is 0 Å². The van der Waals surface area contributed by atoms with Crippen LogP contribution in [-0.2, 0) is 20.3 Å². The molecule has 0 amide bonds. The third-order valence-corrected chi connectivity index (χ3v) is 2.73. The van der Waals surface area contributed by atoms with Gasteiger partial charge in [-0.3, -0.25) is 4.68 Å². The molecular formula is C12H13ClN2O2. The zero-order valence-corrected chi connectivity index (χ0v) is 10.2. The Morgan fingerprint density at radius 3 is 2.88 bits per heavy atom. The zero-order chi connectivity index (χ0) is 12.3. The number of halogens is 1. The lowest BCUT2D eigenvalue weighted by molar-refractivity contribution is 0.257. The van der Waals surface area contributed by atoms with Gasteiger partial charge in [-0.15, -0.1) is 0 Å². The smallest absolute Gasteiger partial charge is 0.132 e. The fourth-order valence-electron chi connectivity index (χ4n) is 1.52. The highest BCUT2D eigenvalue weighted by molar-refractivity contribution is 6.31. The fourth-order valence-corrected chi connectivity index (χ4v) is 1.75. The summed E-state index contributed by atoms with van der Waals surface area (Å²) in [5.74, 6) is 0.589. The number of aryl methyl sites for hydroxylation is 1.